The van der Waals surface area contributed by atoms with Crippen LogP contribution in [0.3, 0.4) is 0 Å². The summed E-state index contributed by atoms with van der Waals surface area (Å²) in [6.07, 6.45) is 1.25. The SMILES string of the molecule is CCC(C)CN(CC)CCOCCCl. The number of likely N-dealkylation sites (N-methyl/N-ethyl adjacent to an activating group) is 1. The average Bonchev–Trinajstić information content (AvgIpc) is 2.22. The molecule has 3 heteroatoms. The lowest BCUT2D eigenvalue weighted by Crippen LogP contribution is -2.31. The van der Waals surface area contributed by atoms with Gasteiger partial charge in [0, 0.05) is 19.0 Å². The van der Waals surface area contributed by atoms with Crippen molar-refractivity contribution in [3.63, 3.8) is 0 Å². The zero-order valence-corrected chi connectivity index (χ0v) is 10.5. The molecule has 0 amide bonds. The van der Waals surface area contributed by atoms with Gasteiger partial charge < -0.3 is 9.64 Å². The molecule has 0 aromatic carbocycles. The molecule has 0 aliphatic rings. The lowest BCUT2D eigenvalue weighted by molar-refractivity contribution is 0.110. The van der Waals surface area contributed by atoms with Crippen molar-refractivity contribution in [2.75, 3.05) is 38.7 Å². The van der Waals surface area contributed by atoms with E-state index in [1.165, 1.54) is 13.0 Å². The first-order chi connectivity index (χ1) is 6.74. The molecular weight excluding hydrogens is 198 g/mol. The molecule has 0 spiro atoms. The Kier molecular flexibility index (Phi) is 9.90. The quantitative estimate of drug-likeness (QED) is 0.439. The van der Waals surface area contributed by atoms with Crippen LogP contribution in [0.5, 0.6) is 0 Å². The number of ether oxygens (including phenoxy) is 1. The minimum atomic E-state index is 0.595. The number of hydrogen-bond donors (Lipinski definition) is 0. The van der Waals surface area contributed by atoms with E-state index < -0.39 is 0 Å². The van der Waals surface area contributed by atoms with E-state index in [9.17, 15) is 0 Å². The van der Waals surface area contributed by atoms with Gasteiger partial charge in [0.1, 0.15) is 0 Å². The molecule has 0 N–H and O–H groups in total. The molecule has 0 saturated carbocycles. The number of rotatable bonds is 9. The third-order valence-electron chi connectivity index (χ3n) is 2.49. The lowest BCUT2D eigenvalue weighted by atomic mass is 10.1. The summed E-state index contributed by atoms with van der Waals surface area (Å²) in [7, 11) is 0. The van der Waals surface area contributed by atoms with Crippen LogP contribution in [-0.4, -0.2) is 43.6 Å². The zero-order valence-electron chi connectivity index (χ0n) is 9.76. The van der Waals surface area contributed by atoms with Gasteiger partial charge in [0.2, 0.25) is 0 Å². The van der Waals surface area contributed by atoms with E-state index in [4.69, 9.17) is 16.3 Å². The van der Waals surface area contributed by atoms with E-state index in [-0.39, 0.29) is 0 Å². The van der Waals surface area contributed by atoms with E-state index in [2.05, 4.69) is 25.7 Å². The predicted molar refractivity (Wildman–Crippen MR) is 63.1 cm³/mol. The van der Waals surface area contributed by atoms with Crippen molar-refractivity contribution in [3.8, 4) is 0 Å². The Morgan fingerprint density at radius 3 is 2.50 bits per heavy atom. The molecule has 0 aromatic rings. The second kappa shape index (κ2) is 9.75. The molecule has 0 radical (unpaired) electrons. The van der Waals surface area contributed by atoms with Crippen molar-refractivity contribution in [1.82, 2.24) is 4.90 Å². The van der Waals surface area contributed by atoms with Gasteiger partial charge in [0.05, 0.1) is 13.2 Å². The number of nitrogens with zero attached hydrogens (tertiary/aromatic N) is 1. The van der Waals surface area contributed by atoms with Crippen molar-refractivity contribution in [3.05, 3.63) is 0 Å². The Hall–Kier alpha value is 0.210. The number of hydrogen-bond acceptors (Lipinski definition) is 2. The van der Waals surface area contributed by atoms with Crippen LogP contribution in [-0.2, 0) is 4.74 Å². The van der Waals surface area contributed by atoms with Gasteiger partial charge in [-0.3, -0.25) is 0 Å². The molecule has 0 rings (SSSR count). The van der Waals surface area contributed by atoms with Crippen LogP contribution in [0.4, 0.5) is 0 Å². The first-order valence-electron chi connectivity index (χ1n) is 5.60. The summed E-state index contributed by atoms with van der Waals surface area (Å²) in [6.45, 7) is 11.5. The van der Waals surface area contributed by atoms with E-state index >= 15 is 0 Å². The number of alkyl halides is 1. The minimum Gasteiger partial charge on any atom is -0.379 e. The third-order valence-corrected chi connectivity index (χ3v) is 2.64. The van der Waals surface area contributed by atoms with E-state index in [0.29, 0.717) is 12.5 Å². The van der Waals surface area contributed by atoms with Crippen molar-refractivity contribution in [2.24, 2.45) is 5.92 Å². The van der Waals surface area contributed by atoms with E-state index in [0.717, 1.165) is 25.6 Å². The monoisotopic (exact) mass is 221 g/mol. The van der Waals surface area contributed by atoms with Gasteiger partial charge in [-0.15, -0.1) is 11.6 Å². The summed E-state index contributed by atoms with van der Waals surface area (Å²) in [4.78, 5) is 2.43. The Bertz CT molecular complexity index is 122. The van der Waals surface area contributed by atoms with Gasteiger partial charge in [-0.05, 0) is 12.5 Å². The summed E-state index contributed by atoms with van der Waals surface area (Å²) < 4.78 is 5.36. The van der Waals surface area contributed by atoms with Crippen LogP contribution in [0.25, 0.3) is 0 Å². The Balaban J connectivity index is 3.47. The fourth-order valence-electron chi connectivity index (χ4n) is 1.30. The Morgan fingerprint density at radius 1 is 1.29 bits per heavy atom. The van der Waals surface area contributed by atoms with Gasteiger partial charge in [0.25, 0.3) is 0 Å². The molecule has 0 saturated heterocycles. The van der Waals surface area contributed by atoms with Gasteiger partial charge in [-0.1, -0.05) is 27.2 Å². The summed E-state index contributed by atoms with van der Waals surface area (Å²) >= 11 is 5.52. The first-order valence-corrected chi connectivity index (χ1v) is 6.14. The van der Waals surface area contributed by atoms with Crippen LogP contribution < -0.4 is 0 Å². The van der Waals surface area contributed by atoms with Crippen LogP contribution in [0, 0.1) is 5.92 Å². The van der Waals surface area contributed by atoms with Crippen molar-refractivity contribution in [1.29, 1.82) is 0 Å². The molecule has 0 aliphatic carbocycles. The molecule has 14 heavy (non-hydrogen) atoms. The minimum absolute atomic E-state index is 0.595. The largest absolute Gasteiger partial charge is 0.379 e. The maximum Gasteiger partial charge on any atom is 0.0602 e. The predicted octanol–water partition coefficient (Wildman–Crippen LogP) is 2.61. The fourth-order valence-corrected chi connectivity index (χ4v) is 1.41. The first kappa shape index (κ1) is 14.2. The molecule has 2 nitrogen and oxygen atoms in total. The molecule has 1 unspecified atom stereocenters. The highest BCUT2D eigenvalue weighted by Gasteiger charge is 2.06. The maximum absolute atomic E-state index is 5.52. The smallest absolute Gasteiger partial charge is 0.0602 e. The molecule has 86 valence electrons. The van der Waals surface area contributed by atoms with Gasteiger partial charge in [0.15, 0.2) is 0 Å². The van der Waals surface area contributed by atoms with Crippen LogP contribution >= 0.6 is 11.6 Å². The number of halogens is 1. The topological polar surface area (TPSA) is 12.5 Å². The van der Waals surface area contributed by atoms with Crippen LogP contribution in [0.1, 0.15) is 27.2 Å². The highest BCUT2D eigenvalue weighted by molar-refractivity contribution is 6.17. The Morgan fingerprint density at radius 2 is 2.00 bits per heavy atom. The highest BCUT2D eigenvalue weighted by atomic mass is 35.5. The van der Waals surface area contributed by atoms with Crippen molar-refractivity contribution < 1.29 is 4.74 Å². The zero-order chi connectivity index (χ0) is 10.8. The lowest BCUT2D eigenvalue weighted by Gasteiger charge is -2.23. The second-order valence-corrected chi connectivity index (χ2v) is 4.09. The van der Waals surface area contributed by atoms with Gasteiger partial charge >= 0.3 is 0 Å². The van der Waals surface area contributed by atoms with Crippen LogP contribution in [0.2, 0.25) is 0 Å². The third kappa shape index (κ3) is 7.60. The van der Waals surface area contributed by atoms with E-state index in [1.54, 1.807) is 0 Å². The molecule has 0 aliphatic heterocycles. The van der Waals surface area contributed by atoms with Gasteiger partial charge in [-0.2, -0.15) is 0 Å². The summed E-state index contributed by atoms with van der Waals surface area (Å²) in [5.74, 6) is 1.38. The Labute approximate surface area is 93.6 Å². The normalized spacial score (nSPS) is 13.5. The summed E-state index contributed by atoms with van der Waals surface area (Å²) in [6, 6.07) is 0. The molecule has 0 fully saturated rings. The fraction of sp³-hybridized carbons (Fsp3) is 1.00. The molecule has 0 heterocycles. The second-order valence-electron chi connectivity index (χ2n) is 3.71. The van der Waals surface area contributed by atoms with Crippen molar-refractivity contribution >= 4 is 11.6 Å². The maximum atomic E-state index is 5.52. The molecular formula is C11H24ClNO. The van der Waals surface area contributed by atoms with Crippen molar-refractivity contribution in [2.45, 2.75) is 27.2 Å². The molecule has 0 bridgehead atoms. The van der Waals surface area contributed by atoms with E-state index in [1.807, 2.05) is 0 Å². The average molecular weight is 222 g/mol. The summed E-state index contributed by atoms with van der Waals surface area (Å²) in [5, 5.41) is 0. The summed E-state index contributed by atoms with van der Waals surface area (Å²) in [5.41, 5.74) is 0. The standard InChI is InChI=1S/C11H24ClNO/c1-4-11(3)10-13(5-2)7-9-14-8-6-12/h11H,4-10H2,1-3H3. The molecule has 0 aromatic heterocycles. The van der Waals surface area contributed by atoms with Gasteiger partial charge in [-0.25, -0.2) is 0 Å². The van der Waals surface area contributed by atoms with Crippen LogP contribution in [0.15, 0.2) is 0 Å². The molecule has 1 atom stereocenters. The highest BCUT2D eigenvalue weighted by Crippen LogP contribution is 2.03.